The molecule has 4 heteroatoms. The van der Waals surface area contributed by atoms with Gasteiger partial charge in [0, 0.05) is 25.2 Å². The second-order valence-electron chi connectivity index (χ2n) is 4.04. The minimum absolute atomic E-state index is 0.317. The van der Waals surface area contributed by atoms with Crippen molar-refractivity contribution in [3.05, 3.63) is 12.3 Å². The fourth-order valence-corrected chi connectivity index (χ4v) is 1.81. The van der Waals surface area contributed by atoms with Crippen molar-refractivity contribution in [3.8, 4) is 5.88 Å². The number of aromatic amines is 1. The highest BCUT2D eigenvalue weighted by Crippen LogP contribution is 2.17. The van der Waals surface area contributed by atoms with Gasteiger partial charge < -0.3 is 4.74 Å². The summed E-state index contributed by atoms with van der Waals surface area (Å²) in [7, 11) is 0. The second kappa shape index (κ2) is 4.00. The number of aromatic nitrogens is 2. The van der Waals surface area contributed by atoms with E-state index in [0.717, 1.165) is 25.4 Å². The first kappa shape index (κ1) is 9.52. The molecule has 78 valence electrons. The van der Waals surface area contributed by atoms with E-state index in [0.29, 0.717) is 12.1 Å². The summed E-state index contributed by atoms with van der Waals surface area (Å²) in [6.07, 6.45) is 3.14. The van der Waals surface area contributed by atoms with E-state index in [9.17, 15) is 0 Å². The van der Waals surface area contributed by atoms with Gasteiger partial charge in [0.05, 0.1) is 6.20 Å². The first-order chi connectivity index (χ1) is 6.75. The van der Waals surface area contributed by atoms with Crippen LogP contribution < -0.4 is 4.74 Å². The summed E-state index contributed by atoms with van der Waals surface area (Å²) in [5, 5.41) is 6.67. The largest absolute Gasteiger partial charge is 0.473 e. The normalized spacial score (nSPS) is 23.2. The van der Waals surface area contributed by atoms with E-state index in [2.05, 4.69) is 28.9 Å². The van der Waals surface area contributed by atoms with Crippen LogP contribution in [0.15, 0.2) is 12.3 Å². The minimum atomic E-state index is 0.317. The molecule has 1 aromatic heterocycles. The Morgan fingerprint density at radius 2 is 2.50 bits per heavy atom. The molecule has 1 fully saturated rings. The predicted octanol–water partition coefficient (Wildman–Crippen LogP) is 1.27. The maximum atomic E-state index is 5.74. The van der Waals surface area contributed by atoms with Gasteiger partial charge in [-0.2, -0.15) is 5.10 Å². The zero-order valence-corrected chi connectivity index (χ0v) is 8.73. The lowest BCUT2D eigenvalue weighted by Gasteiger charge is -2.19. The summed E-state index contributed by atoms with van der Waals surface area (Å²) in [5.74, 6) is 0.778. The predicted molar refractivity (Wildman–Crippen MR) is 54.3 cm³/mol. The maximum absolute atomic E-state index is 5.74. The summed E-state index contributed by atoms with van der Waals surface area (Å²) in [5.41, 5.74) is 0. The summed E-state index contributed by atoms with van der Waals surface area (Å²) in [6.45, 7) is 6.60. The molecule has 2 rings (SSSR count). The zero-order chi connectivity index (χ0) is 9.97. The lowest BCUT2D eigenvalue weighted by molar-refractivity contribution is 0.181. The number of ether oxygens (including phenoxy) is 1. The fourth-order valence-electron chi connectivity index (χ4n) is 1.81. The van der Waals surface area contributed by atoms with Crippen molar-refractivity contribution in [2.45, 2.75) is 32.4 Å². The van der Waals surface area contributed by atoms with Gasteiger partial charge in [0.2, 0.25) is 5.88 Å². The Hall–Kier alpha value is -1.03. The first-order valence-electron chi connectivity index (χ1n) is 5.16. The van der Waals surface area contributed by atoms with Crippen LogP contribution in [0.3, 0.4) is 0 Å². The molecule has 0 saturated carbocycles. The lowest BCUT2D eigenvalue weighted by Crippen LogP contribution is -2.30. The molecule has 0 radical (unpaired) electrons. The molecule has 0 bridgehead atoms. The van der Waals surface area contributed by atoms with Gasteiger partial charge in [0.15, 0.2) is 0 Å². The molecule has 1 saturated heterocycles. The molecular weight excluding hydrogens is 178 g/mol. The van der Waals surface area contributed by atoms with Crippen LogP contribution in [0.4, 0.5) is 0 Å². The van der Waals surface area contributed by atoms with Gasteiger partial charge in [0.1, 0.15) is 6.10 Å². The smallest absolute Gasteiger partial charge is 0.209 e. The highest BCUT2D eigenvalue weighted by Gasteiger charge is 2.25. The number of nitrogens with zero attached hydrogens (tertiary/aromatic N) is 2. The highest BCUT2D eigenvalue weighted by molar-refractivity contribution is 5.05. The number of hydrogen-bond donors (Lipinski definition) is 1. The lowest BCUT2D eigenvalue weighted by atomic mass is 10.3. The van der Waals surface area contributed by atoms with Crippen LogP contribution in [0.2, 0.25) is 0 Å². The van der Waals surface area contributed by atoms with Gasteiger partial charge in [0.25, 0.3) is 0 Å². The molecule has 0 amide bonds. The van der Waals surface area contributed by atoms with Crippen LogP contribution in [-0.4, -0.2) is 40.3 Å². The Labute approximate surface area is 84.3 Å². The number of H-pyrrole nitrogens is 1. The van der Waals surface area contributed by atoms with Crippen molar-refractivity contribution >= 4 is 0 Å². The van der Waals surface area contributed by atoms with E-state index in [1.165, 1.54) is 0 Å². The third kappa shape index (κ3) is 2.07. The summed E-state index contributed by atoms with van der Waals surface area (Å²) < 4.78 is 5.74. The van der Waals surface area contributed by atoms with Gasteiger partial charge in [-0.1, -0.05) is 0 Å². The van der Waals surface area contributed by atoms with Gasteiger partial charge in [-0.15, -0.1) is 0 Å². The van der Waals surface area contributed by atoms with Gasteiger partial charge in [-0.05, 0) is 20.3 Å². The monoisotopic (exact) mass is 195 g/mol. The van der Waals surface area contributed by atoms with Crippen LogP contribution >= 0.6 is 0 Å². The Balaban J connectivity index is 1.84. The molecule has 14 heavy (non-hydrogen) atoms. The molecule has 2 heterocycles. The Morgan fingerprint density at radius 1 is 1.64 bits per heavy atom. The van der Waals surface area contributed by atoms with Crippen LogP contribution in [0.1, 0.15) is 20.3 Å². The van der Waals surface area contributed by atoms with Crippen molar-refractivity contribution in [3.63, 3.8) is 0 Å². The SMILES string of the molecule is CC(C)N1CCC(Oc2ccn[nH]2)C1. The average Bonchev–Trinajstić information content (AvgIpc) is 2.75. The third-order valence-corrected chi connectivity index (χ3v) is 2.68. The molecule has 0 aliphatic carbocycles. The summed E-state index contributed by atoms with van der Waals surface area (Å²) in [6, 6.07) is 2.48. The van der Waals surface area contributed by atoms with Gasteiger partial charge in [-0.25, -0.2) is 5.10 Å². The van der Waals surface area contributed by atoms with E-state index in [1.807, 2.05) is 6.07 Å². The van der Waals surface area contributed by atoms with E-state index in [4.69, 9.17) is 4.74 Å². The Morgan fingerprint density at radius 3 is 3.07 bits per heavy atom. The van der Waals surface area contributed by atoms with Crippen molar-refractivity contribution in [1.82, 2.24) is 15.1 Å². The number of hydrogen-bond acceptors (Lipinski definition) is 3. The topological polar surface area (TPSA) is 41.1 Å². The zero-order valence-electron chi connectivity index (χ0n) is 8.73. The van der Waals surface area contributed by atoms with Crippen LogP contribution in [-0.2, 0) is 0 Å². The fraction of sp³-hybridized carbons (Fsp3) is 0.700. The van der Waals surface area contributed by atoms with Crippen molar-refractivity contribution in [1.29, 1.82) is 0 Å². The Bertz CT molecular complexity index is 271. The van der Waals surface area contributed by atoms with Crippen LogP contribution in [0.25, 0.3) is 0 Å². The molecule has 1 unspecified atom stereocenters. The second-order valence-corrected chi connectivity index (χ2v) is 4.04. The van der Waals surface area contributed by atoms with Crippen molar-refractivity contribution in [2.75, 3.05) is 13.1 Å². The molecule has 1 aromatic rings. The molecule has 1 aliphatic heterocycles. The van der Waals surface area contributed by atoms with Gasteiger partial charge >= 0.3 is 0 Å². The highest BCUT2D eigenvalue weighted by atomic mass is 16.5. The van der Waals surface area contributed by atoms with Crippen LogP contribution in [0.5, 0.6) is 5.88 Å². The Kier molecular flexibility index (Phi) is 2.72. The van der Waals surface area contributed by atoms with Crippen molar-refractivity contribution < 1.29 is 4.74 Å². The first-order valence-corrected chi connectivity index (χ1v) is 5.16. The molecular formula is C10H17N3O. The number of rotatable bonds is 3. The standard InChI is InChI=1S/C10H17N3O/c1-8(2)13-6-4-9(7-13)14-10-3-5-11-12-10/h3,5,8-9H,4,6-7H2,1-2H3,(H,11,12). The number of nitrogens with one attached hydrogen (secondary N) is 1. The molecule has 0 aromatic carbocycles. The van der Waals surface area contributed by atoms with E-state index >= 15 is 0 Å². The van der Waals surface area contributed by atoms with Crippen molar-refractivity contribution in [2.24, 2.45) is 0 Å². The maximum Gasteiger partial charge on any atom is 0.209 e. The van der Waals surface area contributed by atoms with Gasteiger partial charge in [-0.3, -0.25) is 4.90 Å². The molecule has 1 aliphatic rings. The average molecular weight is 195 g/mol. The number of likely N-dealkylation sites (tertiary alicyclic amines) is 1. The quantitative estimate of drug-likeness (QED) is 0.789. The van der Waals surface area contributed by atoms with E-state index in [1.54, 1.807) is 6.20 Å². The summed E-state index contributed by atoms with van der Waals surface area (Å²) >= 11 is 0. The molecule has 1 atom stereocenters. The molecule has 0 spiro atoms. The van der Waals surface area contributed by atoms with Crippen LogP contribution in [0, 0.1) is 0 Å². The van der Waals surface area contributed by atoms with E-state index < -0.39 is 0 Å². The minimum Gasteiger partial charge on any atom is -0.473 e. The molecule has 1 N–H and O–H groups in total. The third-order valence-electron chi connectivity index (χ3n) is 2.68. The van der Waals surface area contributed by atoms with E-state index in [-0.39, 0.29) is 0 Å². The summed E-state index contributed by atoms with van der Waals surface area (Å²) in [4.78, 5) is 2.43. The molecule has 4 nitrogen and oxygen atoms in total.